The van der Waals surface area contributed by atoms with Crippen molar-refractivity contribution in [1.82, 2.24) is 5.32 Å². The molecule has 0 bridgehead atoms. The number of nitrogens with one attached hydrogen (secondary N) is 1. The number of carbonyl (C=O) groups excluding carboxylic acids is 1. The molecule has 0 heterocycles. The first-order valence-electron chi connectivity index (χ1n) is 5.41. The van der Waals surface area contributed by atoms with E-state index in [1.165, 1.54) is 0 Å². The molecular weight excluding hydrogens is 304 g/mol. The lowest BCUT2D eigenvalue weighted by atomic mass is 10.0. The topological polar surface area (TPSA) is 55.1 Å². The van der Waals surface area contributed by atoms with Gasteiger partial charge in [-0.05, 0) is 24.1 Å². The van der Waals surface area contributed by atoms with Crippen molar-refractivity contribution in [2.45, 2.75) is 19.9 Å². The minimum absolute atomic E-state index is 0.0439. The summed E-state index contributed by atoms with van der Waals surface area (Å²) in [5.41, 5.74) is 6.07. The zero-order valence-electron chi connectivity index (χ0n) is 9.84. The van der Waals surface area contributed by atoms with Crippen LogP contribution >= 0.6 is 27.5 Å². The Kier molecular flexibility index (Phi) is 5.43. The van der Waals surface area contributed by atoms with E-state index in [-0.39, 0.29) is 17.9 Å². The SMILES string of the molecule is CC(C)C(CN)NC(=O)c1cc(Br)ccc1Cl. The molecule has 1 rings (SSSR count). The fourth-order valence-electron chi connectivity index (χ4n) is 1.42. The van der Waals surface area contributed by atoms with Crippen LogP contribution in [0.15, 0.2) is 22.7 Å². The molecule has 0 saturated heterocycles. The highest BCUT2D eigenvalue weighted by atomic mass is 79.9. The Morgan fingerprint density at radius 3 is 2.71 bits per heavy atom. The van der Waals surface area contributed by atoms with Crippen LogP contribution in [0.25, 0.3) is 0 Å². The van der Waals surface area contributed by atoms with Gasteiger partial charge in [0.15, 0.2) is 0 Å². The molecule has 0 aliphatic carbocycles. The fourth-order valence-corrected chi connectivity index (χ4v) is 1.98. The van der Waals surface area contributed by atoms with Crippen LogP contribution in [0.1, 0.15) is 24.2 Å². The second-order valence-electron chi connectivity index (χ2n) is 4.18. The zero-order valence-corrected chi connectivity index (χ0v) is 12.2. The van der Waals surface area contributed by atoms with E-state index in [0.717, 1.165) is 4.47 Å². The van der Waals surface area contributed by atoms with Gasteiger partial charge in [0.05, 0.1) is 10.6 Å². The van der Waals surface area contributed by atoms with E-state index in [0.29, 0.717) is 17.1 Å². The minimum Gasteiger partial charge on any atom is -0.348 e. The second kappa shape index (κ2) is 6.38. The summed E-state index contributed by atoms with van der Waals surface area (Å²) in [7, 11) is 0. The smallest absolute Gasteiger partial charge is 0.253 e. The average Bonchev–Trinajstić information content (AvgIpc) is 2.28. The highest BCUT2D eigenvalue weighted by Crippen LogP contribution is 2.21. The van der Waals surface area contributed by atoms with Gasteiger partial charge in [0.1, 0.15) is 0 Å². The maximum atomic E-state index is 12.0. The van der Waals surface area contributed by atoms with Crippen LogP contribution in [0.3, 0.4) is 0 Å². The lowest BCUT2D eigenvalue weighted by Crippen LogP contribution is -2.43. The monoisotopic (exact) mass is 318 g/mol. The lowest BCUT2D eigenvalue weighted by molar-refractivity contribution is 0.0928. The van der Waals surface area contributed by atoms with Gasteiger partial charge >= 0.3 is 0 Å². The Morgan fingerprint density at radius 1 is 1.53 bits per heavy atom. The molecule has 1 atom stereocenters. The van der Waals surface area contributed by atoms with Gasteiger partial charge in [-0.2, -0.15) is 0 Å². The van der Waals surface area contributed by atoms with Crippen molar-refractivity contribution in [3.63, 3.8) is 0 Å². The van der Waals surface area contributed by atoms with Gasteiger partial charge in [-0.1, -0.05) is 41.4 Å². The largest absolute Gasteiger partial charge is 0.348 e. The Balaban J connectivity index is 2.86. The molecule has 1 aromatic carbocycles. The normalized spacial score (nSPS) is 12.6. The number of hydrogen-bond donors (Lipinski definition) is 2. The molecular formula is C12H16BrClN2O. The first-order valence-corrected chi connectivity index (χ1v) is 6.58. The zero-order chi connectivity index (χ0) is 13.0. The van der Waals surface area contributed by atoms with Gasteiger partial charge in [0.2, 0.25) is 0 Å². The van der Waals surface area contributed by atoms with Crippen LogP contribution in [0.4, 0.5) is 0 Å². The van der Waals surface area contributed by atoms with E-state index in [1.54, 1.807) is 18.2 Å². The Bertz CT molecular complexity index is 409. The molecule has 0 radical (unpaired) electrons. The third-order valence-electron chi connectivity index (χ3n) is 2.55. The number of rotatable bonds is 4. The van der Waals surface area contributed by atoms with Gasteiger partial charge in [-0.3, -0.25) is 4.79 Å². The fraction of sp³-hybridized carbons (Fsp3) is 0.417. The van der Waals surface area contributed by atoms with Crippen LogP contribution in [0.2, 0.25) is 5.02 Å². The lowest BCUT2D eigenvalue weighted by Gasteiger charge is -2.20. The van der Waals surface area contributed by atoms with Gasteiger partial charge < -0.3 is 11.1 Å². The number of amides is 1. The van der Waals surface area contributed by atoms with Crippen LogP contribution in [0.5, 0.6) is 0 Å². The molecule has 3 N–H and O–H groups in total. The summed E-state index contributed by atoms with van der Waals surface area (Å²) in [6, 6.07) is 5.14. The standard InChI is InChI=1S/C12H16BrClN2O/c1-7(2)11(6-15)16-12(17)9-5-8(13)3-4-10(9)14/h3-5,7,11H,6,15H2,1-2H3,(H,16,17). The van der Waals surface area contributed by atoms with Crippen LogP contribution < -0.4 is 11.1 Å². The summed E-state index contributed by atoms with van der Waals surface area (Å²) in [6.07, 6.45) is 0. The van der Waals surface area contributed by atoms with Crippen molar-refractivity contribution in [3.05, 3.63) is 33.3 Å². The second-order valence-corrected chi connectivity index (χ2v) is 5.51. The van der Waals surface area contributed by atoms with E-state index in [4.69, 9.17) is 17.3 Å². The first-order chi connectivity index (χ1) is 7.95. The van der Waals surface area contributed by atoms with Crippen molar-refractivity contribution in [1.29, 1.82) is 0 Å². The Hall–Kier alpha value is -0.580. The molecule has 0 aliphatic heterocycles. The third kappa shape index (κ3) is 3.98. The number of halogens is 2. The number of carbonyl (C=O) groups is 1. The van der Waals surface area contributed by atoms with E-state index >= 15 is 0 Å². The number of nitrogens with two attached hydrogens (primary N) is 1. The predicted molar refractivity (Wildman–Crippen MR) is 74.3 cm³/mol. The van der Waals surface area contributed by atoms with E-state index in [9.17, 15) is 4.79 Å². The molecule has 17 heavy (non-hydrogen) atoms. The van der Waals surface area contributed by atoms with Gasteiger partial charge in [0.25, 0.3) is 5.91 Å². The first kappa shape index (κ1) is 14.5. The Morgan fingerprint density at radius 2 is 2.18 bits per heavy atom. The summed E-state index contributed by atoms with van der Waals surface area (Å²) in [5, 5.41) is 3.32. The molecule has 0 aliphatic rings. The number of benzene rings is 1. The summed E-state index contributed by atoms with van der Waals surface area (Å²) in [5.74, 6) is 0.0929. The summed E-state index contributed by atoms with van der Waals surface area (Å²) in [6.45, 7) is 4.44. The third-order valence-corrected chi connectivity index (χ3v) is 3.37. The molecule has 1 aromatic rings. The minimum atomic E-state index is -0.194. The highest BCUT2D eigenvalue weighted by Gasteiger charge is 2.17. The van der Waals surface area contributed by atoms with Gasteiger partial charge in [-0.25, -0.2) is 0 Å². The predicted octanol–water partition coefficient (Wildman–Crippen LogP) is 2.82. The van der Waals surface area contributed by atoms with Crippen molar-refractivity contribution in [2.24, 2.45) is 11.7 Å². The van der Waals surface area contributed by atoms with Gasteiger partial charge in [-0.15, -0.1) is 0 Å². The maximum absolute atomic E-state index is 12.0. The van der Waals surface area contributed by atoms with Crippen molar-refractivity contribution >= 4 is 33.4 Å². The molecule has 0 saturated carbocycles. The van der Waals surface area contributed by atoms with Gasteiger partial charge in [0, 0.05) is 17.1 Å². The summed E-state index contributed by atoms with van der Waals surface area (Å²) < 4.78 is 0.820. The number of hydrogen-bond acceptors (Lipinski definition) is 2. The summed E-state index contributed by atoms with van der Waals surface area (Å²) >= 11 is 9.30. The van der Waals surface area contributed by atoms with Crippen LogP contribution in [-0.2, 0) is 0 Å². The Labute approximate surface area is 115 Å². The van der Waals surface area contributed by atoms with E-state index in [1.807, 2.05) is 13.8 Å². The molecule has 0 aromatic heterocycles. The molecule has 1 unspecified atom stereocenters. The molecule has 3 nitrogen and oxygen atoms in total. The van der Waals surface area contributed by atoms with Crippen LogP contribution in [0, 0.1) is 5.92 Å². The molecule has 0 spiro atoms. The molecule has 1 amide bonds. The molecule has 94 valence electrons. The molecule has 0 fully saturated rings. The highest BCUT2D eigenvalue weighted by molar-refractivity contribution is 9.10. The van der Waals surface area contributed by atoms with E-state index in [2.05, 4.69) is 21.2 Å². The van der Waals surface area contributed by atoms with Crippen LogP contribution in [-0.4, -0.2) is 18.5 Å². The van der Waals surface area contributed by atoms with E-state index < -0.39 is 0 Å². The van der Waals surface area contributed by atoms with Crippen molar-refractivity contribution < 1.29 is 4.79 Å². The quantitative estimate of drug-likeness (QED) is 0.896. The maximum Gasteiger partial charge on any atom is 0.253 e. The average molecular weight is 320 g/mol. The van der Waals surface area contributed by atoms with Crippen molar-refractivity contribution in [2.75, 3.05) is 6.54 Å². The van der Waals surface area contributed by atoms with Crippen molar-refractivity contribution in [3.8, 4) is 0 Å². The summed E-state index contributed by atoms with van der Waals surface area (Å²) in [4.78, 5) is 12.0. The molecule has 5 heteroatoms.